The topological polar surface area (TPSA) is 115 Å². The highest BCUT2D eigenvalue weighted by Gasteiger charge is 2.49. The van der Waals surface area contributed by atoms with Crippen LogP contribution in [-0.2, 0) is 20.2 Å². The second-order valence-corrected chi connectivity index (χ2v) is 9.86. The fourth-order valence-corrected chi connectivity index (χ4v) is 3.69. The molecule has 13 heteroatoms. The Morgan fingerprint density at radius 3 is 2.49 bits per heavy atom. The molecule has 37 heavy (non-hydrogen) atoms. The SMILES string of the molecule is Cc1nc(NOc2cccc(C(F)(F)C(C)(C)O)c2F)c(C2OCCO2)c(C(F)C(=O)NC2(C)CC2)n1. The lowest BCUT2D eigenvalue weighted by Gasteiger charge is -2.29. The first kappa shape index (κ1) is 27.0. The van der Waals surface area contributed by atoms with Crippen LogP contribution in [0.3, 0.4) is 0 Å². The Morgan fingerprint density at radius 1 is 1.24 bits per heavy atom. The minimum atomic E-state index is -3.95. The molecule has 1 aromatic heterocycles. The van der Waals surface area contributed by atoms with E-state index in [9.17, 15) is 18.7 Å². The van der Waals surface area contributed by atoms with Crippen molar-refractivity contribution in [1.82, 2.24) is 15.3 Å². The molecule has 1 saturated carbocycles. The normalized spacial score (nSPS) is 18.4. The molecule has 0 radical (unpaired) electrons. The highest BCUT2D eigenvalue weighted by atomic mass is 19.3. The predicted molar refractivity (Wildman–Crippen MR) is 122 cm³/mol. The van der Waals surface area contributed by atoms with E-state index in [-0.39, 0.29) is 36.1 Å². The summed E-state index contributed by atoms with van der Waals surface area (Å²) in [5.41, 5.74) is -2.22. The fraction of sp³-hybridized carbons (Fsp3) is 0.542. The number of alkyl halides is 3. The van der Waals surface area contributed by atoms with Crippen molar-refractivity contribution < 1.29 is 41.8 Å². The minimum Gasteiger partial charge on any atom is -0.384 e. The number of hydrogen-bond acceptors (Lipinski definition) is 8. The molecule has 1 aliphatic carbocycles. The third-order valence-electron chi connectivity index (χ3n) is 6.17. The second kappa shape index (κ2) is 9.69. The van der Waals surface area contributed by atoms with E-state index in [2.05, 4.69) is 20.8 Å². The van der Waals surface area contributed by atoms with E-state index >= 15 is 8.78 Å². The van der Waals surface area contributed by atoms with Gasteiger partial charge in [-0.15, -0.1) is 0 Å². The Morgan fingerprint density at radius 2 is 1.89 bits per heavy atom. The largest absolute Gasteiger partial charge is 0.384 e. The Kier molecular flexibility index (Phi) is 7.08. The summed E-state index contributed by atoms with van der Waals surface area (Å²) in [6, 6.07) is 3.02. The molecule has 1 unspecified atom stereocenters. The molecule has 4 rings (SSSR count). The van der Waals surface area contributed by atoms with E-state index < -0.39 is 52.6 Å². The van der Waals surface area contributed by atoms with Crippen LogP contribution in [0.5, 0.6) is 5.75 Å². The molecule has 1 aromatic carbocycles. The van der Waals surface area contributed by atoms with Crippen LogP contribution in [-0.4, -0.2) is 45.3 Å². The van der Waals surface area contributed by atoms with Crippen LogP contribution >= 0.6 is 0 Å². The van der Waals surface area contributed by atoms with Crippen LogP contribution in [0.2, 0.25) is 0 Å². The van der Waals surface area contributed by atoms with E-state index in [0.717, 1.165) is 32.0 Å². The maximum Gasteiger partial charge on any atom is 0.303 e. The molecular weight excluding hydrogens is 500 g/mol. The lowest BCUT2D eigenvalue weighted by atomic mass is 9.93. The summed E-state index contributed by atoms with van der Waals surface area (Å²) >= 11 is 0. The second-order valence-electron chi connectivity index (χ2n) is 9.86. The molecular formula is C24H28F4N4O5. The third-order valence-corrected chi connectivity index (χ3v) is 6.17. The average Bonchev–Trinajstić information content (AvgIpc) is 3.29. The van der Waals surface area contributed by atoms with E-state index in [0.29, 0.717) is 12.8 Å². The van der Waals surface area contributed by atoms with Gasteiger partial charge in [0.1, 0.15) is 11.4 Å². The van der Waals surface area contributed by atoms with Crippen molar-refractivity contribution >= 4 is 11.7 Å². The van der Waals surface area contributed by atoms with E-state index in [4.69, 9.17) is 14.3 Å². The van der Waals surface area contributed by atoms with Gasteiger partial charge >= 0.3 is 5.92 Å². The zero-order chi connectivity index (χ0) is 27.2. The molecule has 202 valence electrons. The molecule has 2 fully saturated rings. The number of carbonyl (C=O) groups is 1. The van der Waals surface area contributed by atoms with Gasteiger partial charge in [-0.05, 0) is 52.7 Å². The number of anilines is 1. The summed E-state index contributed by atoms with van der Waals surface area (Å²) in [7, 11) is 0. The molecule has 3 N–H and O–H groups in total. The van der Waals surface area contributed by atoms with E-state index in [1.165, 1.54) is 6.92 Å². The van der Waals surface area contributed by atoms with Crippen LogP contribution < -0.4 is 15.6 Å². The Balaban J connectivity index is 1.67. The highest BCUT2D eigenvalue weighted by molar-refractivity contribution is 5.83. The van der Waals surface area contributed by atoms with Gasteiger partial charge in [-0.25, -0.2) is 24.2 Å². The van der Waals surface area contributed by atoms with Crippen molar-refractivity contribution in [2.45, 2.75) is 70.1 Å². The number of nitrogens with one attached hydrogen (secondary N) is 2. The smallest absolute Gasteiger partial charge is 0.303 e. The third kappa shape index (κ3) is 5.48. The molecule has 1 aliphatic heterocycles. The predicted octanol–water partition coefficient (Wildman–Crippen LogP) is 3.92. The summed E-state index contributed by atoms with van der Waals surface area (Å²) in [4.78, 5) is 26.1. The molecule has 0 spiro atoms. The number of carbonyl (C=O) groups excluding carboxylic acids is 1. The zero-order valence-corrected chi connectivity index (χ0v) is 20.7. The molecule has 1 amide bonds. The summed E-state index contributed by atoms with van der Waals surface area (Å²) in [5.74, 6) is -7.09. The summed E-state index contributed by atoms with van der Waals surface area (Å²) in [6.07, 6.45) is -1.95. The van der Waals surface area contributed by atoms with Gasteiger partial charge in [0.15, 0.2) is 23.7 Å². The van der Waals surface area contributed by atoms with Gasteiger partial charge in [0.25, 0.3) is 5.91 Å². The van der Waals surface area contributed by atoms with Gasteiger partial charge in [0, 0.05) is 5.54 Å². The molecule has 9 nitrogen and oxygen atoms in total. The van der Waals surface area contributed by atoms with Crippen LogP contribution in [0.25, 0.3) is 0 Å². The monoisotopic (exact) mass is 528 g/mol. The van der Waals surface area contributed by atoms with Crippen molar-refractivity contribution in [3.8, 4) is 5.75 Å². The van der Waals surface area contributed by atoms with E-state index in [1.54, 1.807) is 6.92 Å². The summed E-state index contributed by atoms with van der Waals surface area (Å²) in [5, 5.41) is 12.5. The van der Waals surface area contributed by atoms with Gasteiger partial charge in [-0.1, -0.05) is 6.07 Å². The van der Waals surface area contributed by atoms with Crippen LogP contribution in [0.15, 0.2) is 18.2 Å². The number of aromatic nitrogens is 2. The Labute approximate surface area is 210 Å². The highest BCUT2D eigenvalue weighted by Crippen LogP contribution is 2.42. The van der Waals surface area contributed by atoms with Crippen LogP contribution in [0, 0.1) is 12.7 Å². The van der Waals surface area contributed by atoms with Crippen molar-refractivity contribution in [1.29, 1.82) is 0 Å². The first-order chi connectivity index (χ1) is 17.2. The van der Waals surface area contributed by atoms with Crippen molar-refractivity contribution in [3.63, 3.8) is 0 Å². The van der Waals surface area contributed by atoms with Crippen molar-refractivity contribution in [2.75, 3.05) is 18.7 Å². The lowest BCUT2D eigenvalue weighted by Crippen LogP contribution is -2.40. The van der Waals surface area contributed by atoms with Crippen LogP contribution in [0.1, 0.15) is 68.7 Å². The number of rotatable bonds is 9. The Hall–Kier alpha value is -3.03. The van der Waals surface area contributed by atoms with Gasteiger partial charge in [-0.2, -0.15) is 8.78 Å². The summed E-state index contributed by atoms with van der Waals surface area (Å²) in [6.45, 7) is 5.27. The summed E-state index contributed by atoms with van der Waals surface area (Å²) < 4.78 is 70.7. The number of amides is 1. The minimum absolute atomic E-state index is 0.0405. The molecule has 0 bridgehead atoms. The maximum absolute atomic E-state index is 15.4. The van der Waals surface area contributed by atoms with Crippen molar-refractivity contribution in [3.05, 3.63) is 46.7 Å². The van der Waals surface area contributed by atoms with Gasteiger partial charge in [-0.3, -0.25) is 4.79 Å². The number of hydrogen-bond donors (Lipinski definition) is 3. The maximum atomic E-state index is 15.4. The Bertz CT molecular complexity index is 1180. The molecule has 2 aliphatic rings. The van der Waals surface area contributed by atoms with E-state index in [1.807, 2.05) is 0 Å². The standard InChI is InChI=1S/C24H28F4N4O5/c1-12-29-18(17(26)20(33)31-23(4)8-9-23)15(21-35-10-11-36-21)19(30-12)32-37-14-7-5-6-13(16(14)25)24(27,28)22(2,3)34/h5-7,17,21,34H,8-11H2,1-4H3,(H,31,33)(H,29,30,32). The fourth-order valence-electron chi connectivity index (χ4n) is 3.69. The number of halogens is 4. The van der Waals surface area contributed by atoms with Gasteiger partial charge in [0.2, 0.25) is 6.17 Å². The molecule has 2 heterocycles. The number of ether oxygens (including phenoxy) is 2. The van der Waals surface area contributed by atoms with Crippen molar-refractivity contribution in [2.24, 2.45) is 0 Å². The number of nitrogens with zero attached hydrogens (tertiary/aromatic N) is 2. The van der Waals surface area contributed by atoms with Gasteiger partial charge < -0.3 is 24.7 Å². The lowest BCUT2D eigenvalue weighted by molar-refractivity contribution is -0.170. The van der Waals surface area contributed by atoms with Gasteiger partial charge in [0.05, 0.1) is 30.0 Å². The number of aliphatic hydroxyl groups is 1. The number of aryl methyl sites for hydroxylation is 1. The van der Waals surface area contributed by atoms with Crippen LogP contribution in [0.4, 0.5) is 23.4 Å². The first-order valence-corrected chi connectivity index (χ1v) is 11.6. The quantitative estimate of drug-likeness (QED) is 0.332. The molecule has 1 atom stereocenters. The first-order valence-electron chi connectivity index (χ1n) is 11.6. The molecule has 1 saturated heterocycles. The zero-order valence-electron chi connectivity index (χ0n) is 20.7. The molecule has 2 aromatic rings. The average molecular weight is 529 g/mol. The number of benzene rings is 1.